The fraction of sp³-hybridized carbons (Fsp3) is 0.185. The molecule has 0 aliphatic carbocycles. The maximum Gasteiger partial charge on any atom is 0.328 e. The van der Waals surface area contributed by atoms with Crippen molar-refractivity contribution in [2.45, 2.75) is 19.0 Å². The van der Waals surface area contributed by atoms with Crippen LogP contribution in [-0.4, -0.2) is 52.8 Å². The van der Waals surface area contributed by atoms with Gasteiger partial charge in [0.05, 0.1) is 26.7 Å². The number of carboxylic acids is 1. The second-order valence-electron chi connectivity index (χ2n) is 8.89. The molecule has 0 saturated carbocycles. The van der Waals surface area contributed by atoms with E-state index in [9.17, 15) is 24.3 Å². The molecule has 5 rings (SSSR count). The van der Waals surface area contributed by atoms with Crippen LogP contribution in [0.1, 0.15) is 41.5 Å². The predicted molar refractivity (Wildman–Crippen MR) is 147 cm³/mol. The molecular formula is C27H21Cl2N3O6S. The molecule has 3 amide bonds. The van der Waals surface area contributed by atoms with Crippen LogP contribution in [0.25, 0.3) is 11.0 Å². The van der Waals surface area contributed by atoms with Crippen LogP contribution in [-0.2, 0) is 17.8 Å². The molecule has 9 nitrogen and oxygen atoms in total. The molecule has 0 saturated heterocycles. The number of carboxylic acid groups (broad SMARTS) is 1. The first-order valence-electron chi connectivity index (χ1n) is 11.8. The van der Waals surface area contributed by atoms with E-state index in [-0.39, 0.29) is 34.6 Å². The molecule has 1 aliphatic heterocycles. The highest BCUT2D eigenvalue weighted by molar-refractivity contribution is 7.12. The Labute approximate surface area is 236 Å². The van der Waals surface area contributed by atoms with Gasteiger partial charge in [0.25, 0.3) is 17.7 Å². The number of nitrogens with one attached hydrogen (secondary N) is 2. The Hall–Kier alpha value is -3.86. The lowest BCUT2D eigenvalue weighted by Gasteiger charge is -2.30. The van der Waals surface area contributed by atoms with Crippen LogP contribution in [0.3, 0.4) is 0 Å². The lowest BCUT2D eigenvalue weighted by Crippen LogP contribution is -2.48. The number of benzene rings is 2. The second kappa shape index (κ2) is 11.1. The van der Waals surface area contributed by atoms with E-state index in [1.165, 1.54) is 11.3 Å². The first kappa shape index (κ1) is 26.7. The summed E-state index contributed by atoms with van der Waals surface area (Å²) in [7, 11) is 0. The number of thiophene rings is 1. The Morgan fingerprint density at radius 2 is 1.92 bits per heavy atom. The van der Waals surface area contributed by atoms with E-state index in [1.807, 2.05) is 12.1 Å². The number of carbonyl (C=O) groups excluding carboxylic acids is 3. The number of rotatable bonds is 7. The highest BCUT2D eigenvalue weighted by Crippen LogP contribution is 2.35. The lowest BCUT2D eigenvalue weighted by molar-refractivity contribution is -0.139. The number of halogens is 2. The van der Waals surface area contributed by atoms with E-state index in [0.717, 1.165) is 5.39 Å². The quantitative estimate of drug-likeness (QED) is 0.290. The van der Waals surface area contributed by atoms with Crippen LogP contribution in [0.2, 0.25) is 10.0 Å². The summed E-state index contributed by atoms with van der Waals surface area (Å²) >= 11 is 14.3. The number of furan rings is 1. The average molecular weight is 586 g/mol. The molecule has 1 aliphatic rings. The van der Waals surface area contributed by atoms with Crippen molar-refractivity contribution < 1.29 is 28.7 Å². The van der Waals surface area contributed by atoms with Crippen molar-refractivity contribution in [3.63, 3.8) is 0 Å². The standard InChI is InChI=1S/C27H21Cl2N3O6S/c28-18-10-16-13-32(26(35)15-4-3-14-6-8-38-20(14)11-15)7-5-17(16)23(29)22(18)25(34)31-19(27(36)37)12-30-24(33)21-2-1-9-39-21/h1-4,6,8-11,19H,5,7,12-13H2,(H,30,33)(H,31,34)(H,36,37). The fourth-order valence-electron chi connectivity index (χ4n) is 4.42. The van der Waals surface area contributed by atoms with Crippen LogP contribution < -0.4 is 10.6 Å². The van der Waals surface area contributed by atoms with Crippen LogP contribution in [0, 0.1) is 0 Å². The van der Waals surface area contributed by atoms with Crippen LogP contribution in [0.15, 0.2) is 58.5 Å². The van der Waals surface area contributed by atoms with E-state index >= 15 is 0 Å². The molecule has 4 aromatic rings. The summed E-state index contributed by atoms with van der Waals surface area (Å²) in [4.78, 5) is 52.3. The number of nitrogens with zero attached hydrogens (tertiary/aromatic N) is 1. The van der Waals surface area contributed by atoms with Crippen molar-refractivity contribution in [2.24, 2.45) is 0 Å². The van der Waals surface area contributed by atoms with Gasteiger partial charge in [0, 0.05) is 30.6 Å². The van der Waals surface area contributed by atoms with Gasteiger partial charge in [-0.2, -0.15) is 0 Å². The zero-order valence-corrected chi connectivity index (χ0v) is 22.5. The molecule has 39 heavy (non-hydrogen) atoms. The van der Waals surface area contributed by atoms with Crippen LogP contribution in [0.5, 0.6) is 0 Å². The molecular weight excluding hydrogens is 565 g/mol. The zero-order valence-electron chi connectivity index (χ0n) is 20.2. The molecule has 0 radical (unpaired) electrons. The maximum absolute atomic E-state index is 13.2. The van der Waals surface area contributed by atoms with Crippen molar-refractivity contribution in [1.29, 1.82) is 0 Å². The lowest BCUT2D eigenvalue weighted by atomic mass is 9.96. The first-order chi connectivity index (χ1) is 18.7. The van der Waals surface area contributed by atoms with Crippen molar-refractivity contribution in [2.75, 3.05) is 13.1 Å². The Morgan fingerprint density at radius 1 is 1.10 bits per heavy atom. The van der Waals surface area contributed by atoms with Crippen molar-refractivity contribution >= 4 is 69.2 Å². The van der Waals surface area contributed by atoms with Crippen LogP contribution in [0.4, 0.5) is 0 Å². The highest BCUT2D eigenvalue weighted by atomic mass is 35.5. The monoisotopic (exact) mass is 585 g/mol. The van der Waals surface area contributed by atoms with Gasteiger partial charge in [-0.3, -0.25) is 14.4 Å². The van der Waals surface area contributed by atoms with Gasteiger partial charge in [-0.1, -0.05) is 35.3 Å². The van der Waals surface area contributed by atoms with Crippen molar-refractivity contribution in [3.8, 4) is 0 Å². The van der Waals surface area contributed by atoms with Gasteiger partial charge in [0.1, 0.15) is 11.6 Å². The van der Waals surface area contributed by atoms with E-state index in [2.05, 4.69) is 10.6 Å². The van der Waals surface area contributed by atoms with E-state index < -0.39 is 23.8 Å². The number of carbonyl (C=O) groups is 4. The van der Waals surface area contributed by atoms with Crippen molar-refractivity contribution in [3.05, 3.63) is 91.3 Å². The van der Waals surface area contributed by atoms with Crippen LogP contribution >= 0.6 is 34.5 Å². The molecule has 200 valence electrons. The molecule has 1 atom stereocenters. The van der Waals surface area contributed by atoms with Gasteiger partial charge < -0.3 is 25.1 Å². The number of hydrogen-bond donors (Lipinski definition) is 3. The highest BCUT2D eigenvalue weighted by Gasteiger charge is 2.30. The second-order valence-corrected chi connectivity index (χ2v) is 10.6. The molecule has 2 aromatic heterocycles. The minimum absolute atomic E-state index is 0.0225. The average Bonchev–Trinajstić information content (AvgIpc) is 3.62. The summed E-state index contributed by atoms with van der Waals surface area (Å²) in [6, 6.07) is 10.5. The van der Waals surface area contributed by atoms with Gasteiger partial charge in [-0.25, -0.2) is 4.79 Å². The first-order valence-corrected chi connectivity index (χ1v) is 13.5. The fourth-order valence-corrected chi connectivity index (χ4v) is 5.83. The molecule has 1 unspecified atom stereocenters. The summed E-state index contributed by atoms with van der Waals surface area (Å²) in [6.45, 7) is 0.258. The largest absolute Gasteiger partial charge is 0.480 e. The number of hydrogen-bond acceptors (Lipinski definition) is 6. The summed E-state index contributed by atoms with van der Waals surface area (Å²) in [5.41, 5.74) is 2.40. The number of amides is 3. The molecule has 3 heterocycles. The molecule has 12 heteroatoms. The van der Waals surface area contributed by atoms with E-state index in [1.54, 1.807) is 46.9 Å². The summed E-state index contributed by atoms with van der Waals surface area (Å²) in [5, 5.41) is 17.2. The molecule has 0 spiro atoms. The third kappa shape index (κ3) is 5.49. The Kier molecular flexibility index (Phi) is 7.60. The van der Waals surface area contributed by atoms with Gasteiger partial charge in [-0.15, -0.1) is 11.3 Å². The predicted octanol–water partition coefficient (Wildman–Crippen LogP) is 4.61. The normalized spacial score (nSPS) is 13.5. The smallest absolute Gasteiger partial charge is 0.328 e. The molecule has 2 aromatic carbocycles. The Bertz CT molecular complexity index is 1600. The number of aliphatic carboxylic acids is 1. The van der Waals surface area contributed by atoms with Gasteiger partial charge in [0.2, 0.25) is 0 Å². The van der Waals surface area contributed by atoms with Gasteiger partial charge in [-0.05, 0) is 53.3 Å². The minimum Gasteiger partial charge on any atom is -0.480 e. The summed E-state index contributed by atoms with van der Waals surface area (Å²) in [5.74, 6) is -2.74. The summed E-state index contributed by atoms with van der Waals surface area (Å²) in [6.07, 6.45) is 1.94. The van der Waals surface area contributed by atoms with Gasteiger partial charge >= 0.3 is 5.97 Å². The zero-order chi connectivity index (χ0) is 27.7. The van der Waals surface area contributed by atoms with Crippen molar-refractivity contribution in [1.82, 2.24) is 15.5 Å². The summed E-state index contributed by atoms with van der Waals surface area (Å²) < 4.78 is 5.40. The SMILES string of the molecule is O=C(NCC(NC(=O)c1c(Cl)cc2c(c1Cl)CCN(C(=O)c1ccc3ccoc3c1)C2)C(=O)O)c1cccs1. The Morgan fingerprint density at radius 3 is 2.67 bits per heavy atom. The molecule has 0 fully saturated rings. The number of fused-ring (bicyclic) bond motifs is 2. The van der Waals surface area contributed by atoms with Gasteiger partial charge in [0.15, 0.2) is 0 Å². The molecule has 0 bridgehead atoms. The molecule has 3 N–H and O–H groups in total. The Balaban J connectivity index is 1.30. The third-order valence-electron chi connectivity index (χ3n) is 6.44. The third-order valence-corrected chi connectivity index (χ3v) is 8.02. The maximum atomic E-state index is 13.2. The minimum atomic E-state index is -1.41. The topological polar surface area (TPSA) is 129 Å². The van der Waals surface area contributed by atoms with E-state index in [4.69, 9.17) is 27.6 Å². The van der Waals surface area contributed by atoms with E-state index in [0.29, 0.717) is 40.1 Å².